The third kappa shape index (κ3) is 5.44. The summed E-state index contributed by atoms with van der Waals surface area (Å²) in [6.07, 6.45) is 3.59. The summed E-state index contributed by atoms with van der Waals surface area (Å²) < 4.78 is 7.82. The summed E-state index contributed by atoms with van der Waals surface area (Å²) in [6.45, 7) is 7.99. The van der Waals surface area contributed by atoms with Crippen LogP contribution in [0.1, 0.15) is 45.6 Å². The van der Waals surface area contributed by atoms with Gasteiger partial charge in [-0.15, -0.1) is 0 Å². The first-order valence-corrected chi connectivity index (χ1v) is 8.55. The Morgan fingerprint density at radius 1 is 1.21 bits per heavy atom. The number of halogens is 2. The SMILES string of the molecule is CCCC(CC)NCc1cc(Br)cc(Br)c1OCC. The molecule has 1 N–H and O–H groups in total. The predicted octanol–water partition coefficient (Wildman–Crippen LogP) is 5.28. The highest BCUT2D eigenvalue weighted by Gasteiger charge is 2.11. The van der Waals surface area contributed by atoms with Crippen molar-refractivity contribution >= 4 is 31.9 Å². The maximum Gasteiger partial charge on any atom is 0.138 e. The van der Waals surface area contributed by atoms with Crippen molar-refractivity contribution in [3.05, 3.63) is 26.6 Å². The topological polar surface area (TPSA) is 21.3 Å². The van der Waals surface area contributed by atoms with E-state index >= 15 is 0 Å². The quantitative estimate of drug-likeness (QED) is 0.649. The minimum absolute atomic E-state index is 0.581. The zero-order valence-electron chi connectivity index (χ0n) is 11.9. The minimum Gasteiger partial charge on any atom is -0.492 e. The first-order valence-electron chi connectivity index (χ1n) is 6.96. The molecule has 0 heterocycles. The van der Waals surface area contributed by atoms with Crippen LogP contribution < -0.4 is 10.1 Å². The highest BCUT2D eigenvalue weighted by atomic mass is 79.9. The van der Waals surface area contributed by atoms with Crippen LogP contribution in [0.25, 0.3) is 0 Å². The fourth-order valence-electron chi connectivity index (χ4n) is 2.10. The van der Waals surface area contributed by atoms with Crippen molar-refractivity contribution in [3.63, 3.8) is 0 Å². The number of ether oxygens (including phenoxy) is 1. The normalized spacial score (nSPS) is 12.5. The number of hydrogen-bond donors (Lipinski definition) is 1. The molecule has 0 spiro atoms. The lowest BCUT2D eigenvalue weighted by Crippen LogP contribution is -2.27. The molecule has 2 nitrogen and oxygen atoms in total. The molecule has 0 aliphatic carbocycles. The van der Waals surface area contributed by atoms with Gasteiger partial charge in [-0.2, -0.15) is 0 Å². The van der Waals surface area contributed by atoms with E-state index in [0.29, 0.717) is 12.6 Å². The van der Waals surface area contributed by atoms with Crippen molar-refractivity contribution < 1.29 is 4.74 Å². The van der Waals surface area contributed by atoms with Gasteiger partial charge < -0.3 is 10.1 Å². The monoisotopic (exact) mass is 391 g/mol. The Kier molecular flexibility index (Phi) is 8.03. The largest absolute Gasteiger partial charge is 0.492 e. The molecule has 0 saturated carbocycles. The third-order valence-corrected chi connectivity index (χ3v) is 4.13. The zero-order chi connectivity index (χ0) is 14.3. The average Bonchev–Trinajstić information content (AvgIpc) is 2.38. The lowest BCUT2D eigenvalue weighted by Gasteiger charge is -2.18. The van der Waals surface area contributed by atoms with Gasteiger partial charge in [0, 0.05) is 22.6 Å². The molecule has 4 heteroatoms. The van der Waals surface area contributed by atoms with Crippen molar-refractivity contribution in [2.75, 3.05) is 6.61 Å². The molecule has 0 bridgehead atoms. The molecule has 108 valence electrons. The summed E-state index contributed by atoms with van der Waals surface area (Å²) in [6, 6.07) is 4.73. The van der Waals surface area contributed by atoms with Gasteiger partial charge in [-0.1, -0.05) is 36.2 Å². The number of nitrogens with one attached hydrogen (secondary N) is 1. The first kappa shape index (κ1) is 17.0. The molecule has 0 aliphatic rings. The van der Waals surface area contributed by atoms with Crippen molar-refractivity contribution in [1.82, 2.24) is 5.32 Å². The van der Waals surface area contributed by atoms with Crippen LogP contribution in [0.3, 0.4) is 0 Å². The first-order chi connectivity index (χ1) is 9.12. The highest BCUT2D eigenvalue weighted by molar-refractivity contribution is 9.11. The van der Waals surface area contributed by atoms with Gasteiger partial charge >= 0.3 is 0 Å². The summed E-state index contributed by atoms with van der Waals surface area (Å²) in [4.78, 5) is 0. The maximum atomic E-state index is 5.74. The average molecular weight is 393 g/mol. The molecule has 1 aromatic rings. The van der Waals surface area contributed by atoms with E-state index in [0.717, 1.165) is 27.7 Å². The summed E-state index contributed by atoms with van der Waals surface area (Å²) in [7, 11) is 0. The number of hydrogen-bond acceptors (Lipinski definition) is 2. The van der Waals surface area contributed by atoms with E-state index in [9.17, 15) is 0 Å². The van der Waals surface area contributed by atoms with E-state index < -0.39 is 0 Å². The minimum atomic E-state index is 0.581. The van der Waals surface area contributed by atoms with Crippen LogP contribution in [0.5, 0.6) is 5.75 Å². The van der Waals surface area contributed by atoms with Gasteiger partial charge in [0.05, 0.1) is 11.1 Å². The molecule has 1 rings (SSSR count). The summed E-state index contributed by atoms with van der Waals surface area (Å²) in [5.41, 5.74) is 1.19. The molecular formula is C15H23Br2NO. The molecule has 0 saturated heterocycles. The van der Waals surface area contributed by atoms with Crippen LogP contribution in [-0.2, 0) is 6.54 Å². The van der Waals surface area contributed by atoms with Crippen LogP contribution in [0.2, 0.25) is 0 Å². The van der Waals surface area contributed by atoms with Gasteiger partial charge in [0.2, 0.25) is 0 Å². The van der Waals surface area contributed by atoms with Gasteiger partial charge in [0.25, 0.3) is 0 Å². The van der Waals surface area contributed by atoms with Crippen LogP contribution in [-0.4, -0.2) is 12.6 Å². The molecule has 0 amide bonds. The number of rotatable bonds is 8. The Labute approximate surface area is 133 Å². The fraction of sp³-hybridized carbons (Fsp3) is 0.600. The van der Waals surface area contributed by atoms with Gasteiger partial charge in [0.15, 0.2) is 0 Å². The van der Waals surface area contributed by atoms with Crippen LogP contribution >= 0.6 is 31.9 Å². The van der Waals surface area contributed by atoms with Crippen molar-refractivity contribution in [3.8, 4) is 5.75 Å². The zero-order valence-corrected chi connectivity index (χ0v) is 15.1. The van der Waals surface area contributed by atoms with E-state index in [1.54, 1.807) is 0 Å². The number of benzene rings is 1. The van der Waals surface area contributed by atoms with Gasteiger partial charge in [0.1, 0.15) is 5.75 Å². The highest BCUT2D eigenvalue weighted by Crippen LogP contribution is 2.33. The molecule has 0 fully saturated rings. The predicted molar refractivity (Wildman–Crippen MR) is 88.8 cm³/mol. The smallest absolute Gasteiger partial charge is 0.138 e. The van der Waals surface area contributed by atoms with Crippen molar-refractivity contribution in [2.45, 2.75) is 52.6 Å². The third-order valence-electron chi connectivity index (χ3n) is 3.09. The lowest BCUT2D eigenvalue weighted by atomic mass is 10.1. The van der Waals surface area contributed by atoms with E-state index in [1.807, 2.05) is 13.0 Å². The summed E-state index contributed by atoms with van der Waals surface area (Å²) in [5, 5.41) is 3.62. The second kappa shape index (κ2) is 8.98. The van der Waals surface area contributed by atoms with Crippen molar-refractivity contribution in [2.24, 2.45) is 0 Å². The molecule has 1 aromatic carbocycles. The van der Waals surface area contributed by atoms with E-state index in [1.165, 1.54) is 18.4 Å². The molecular weight excluding hydrogens is 370 g/mol. The molecule has 0 radical (unpaired) electrons. The van der Waals surface area contributed by atoms with Crippen molar-refractivity contribution in [1.29, 1.82) is 0 Å². The van der Waals surface area contributed by atoms with Crippen LogP contribution in [0, 0.1) is 0 Å². The molecule has 1 unspecified atom stereocenters. The summed E-state index contributed by atoms with van der Waals surface area (Å²) in [5.74, 6) is 0.949. The van der Waals surface area contributed by atoms with E-state index in [2.05, 4.69) is 57.1 Å². The Balaban J connectivity index is 2.80. The lowest BCUT2D eigenvalue weighted by molar-refractivity contribution is 0.331. The standard InChI is InChI=1S/C15H23Br2NO/c1-4-7-13(5-2)18-10-11-8-12(16)9-14(17)15(11)19-6-3/h8-9,13,18H,4-7,10H2,1-3H3. The van der Waals surface area contributed by atoms with Crippen LogP contribution in [0.4, 0.5) is 0 Å². The van der Waals surface area contributed by atoms with E-state index in [-0.39, 0.29) is 0 Å². The Morgan fingerprint density at radius 3 is 2.53 bits per heavy atom. The van der Waals surface area contributed by atoms with Gasteiger partial charge in [-0.25, -0.2) is 0 Å². The van der Waals surface area contributed by atoms with Gasteiger partial charge in [-0.3, -0.25) is 0 Å². The Bertz CT molecular complexity index is 396. The molecule has 1 atom stereocenters. The van der Waals surface area contributed by atoms with E-state index in [4.69, 9.17) is 4.74 Å². The summed E-state index contributed by atoms with van der Waals surface area (Å²) >= 11 is 7.11. The Morgan fingerprint density at radius 2 is 1.95 bits per heavy atom. The van der Waals surface area contributed by atoms with Gasteiger partial charge in [-0.05, 0) is 47.8 Å². The Hall–Kier alpha value is -0.0600. The maximum absolute atomic E-state index is 5.74. The molecule has 0 aliphatic heterocycles. The fourth-order valence-corrected chi connectivity index (χ4v) is 3.53. The van der Waals surface area contributed by atoms with Crippen LogP contribution in [0.15, 0.2) is 21.1 Å². The second-order valence-electron chi connectivity index (χ2n) is 4.58. The second-order valence-corrected chi connectivity index (χ2v) is 6.35. The molecule has 19 heavy (non-hydrogen) atoms. The molecule has 0 aromatic heterocycles.